The number of nitrogens with one attached hydrogen (secondary N) is 1. The molecular formula is C30H32BrClN2O3. The number of carbonyl (C=O) groups is 2. The molecule has 1 fully saturated rings. The Balaban J connectivity index is 1.62. The van der Waals surface area contributed by atoms with Crippen LogP contribution < -0.4 is 10.1 Å². The second-order valence-electron chi connectivity index (χ2n) is 9.51. The maximum Gasteiger partial charge on any atom is 0.261 e. The first-order chi connectivity index (χ1) is 17.9. The lowest BCUT2D eigenvalue weighted by molar-refractivity contribution is -0.143. The Labute approximate surface area is 232 Å². The number of halogens is 2. The molecule has 2 amide bonds. The highest BCUT2D eigenvalue weighted by Crippen LogP contribution is 2.24. The highest BCUT2D eigenvalue weighted by molar-refractivity contribution is 9.10. The van der Waals surface area contributed by atoms with E-state index in [0.717, 1.165) is 46.8 Å². The Morgan fingerprint density at radius 2 is 1.76 bits per heavy atom. The molecule has 1 aliphatic carbocycles. The first kappa shape index (κ1) is 27.2. The van der Waals surface area contributed by atoms with E-state index in [1.165, 1.54) is 0 Å². The van der Waals surface area contributed by atoms with Gasteiger partial charge in [0.05, 0.1) is 0 Å². The molecule has 0 heterocycles. The number of carbonyl (C=O) groups excluding carboxylic acids is 2. The van der Waals surface area contributed by atoms with Crippen molar-refractivity contribution in [3.8, 4) is 5.75 Å². The highest BCUT2D eigenvalue weighted by Gasteiger charge is 2.32. The molecule has 0 saturated heterocycles. The zero-order chi connectivity index (χ0) is 26.2. The number of aryl methyl sites for hydroxylation is 1. The summed E-state index contributed by atoms with van der Waals surface area (Å²) in [6, 6.07) is 22.2. The van der Waals surface area contributed by atoms with Crippen LogP contribution in [0.5, 0.6) is 5.75 Å². The molecule has 1 atom stereocenters. The summed E-state index contributed by atoms with van der Waals surface area (Å²) in [4.78, 5) is 29.0. The van der Waals surface area contributed by atoms with Gasteiger partial charge in [0.15, 0.2) is 6.61 Å². The minimum Gasteiger partial charge on any atom is -0.484 e. The van der Waals surface area contributed by atoms with E-state index in [9.17, 15) is 9.59 Å². The van der Waals surface area contributed by atoms with E-state index in [0.29, 0.717) is 17.2 Å². The summed E-state index contributed by atoms with van der Waals surface area (Å²) < 4.78 is 6.86. The molecular weight excluding hydrogens is 552 g/mol. The van der Waals surface area contributed by atoms with Gasteiger partial charge in [-0.3, -0.25) is 9.59 Å². The van der Waals surface area contributed by atoms with Gasteiger partial charge in [-0.2, -0.15) is 0 Å². The van der Waals surface area contributed by atoms with Gasteiger partial charge >= 0.3 is 0 Å². The Kier molecular flexibility index (Phi) is 9.64. The smallest absolute Gasteiger partial charge is 0.261 e. The fraction of sp³-hybridized carbons (Fsp3) is 0.333. The minimum atomic E-state index is -0.706. The lowest BCUT2D eigenvalue weighted by Gasteiger charge is -2.32. The van der Waals surface area contributed by atoms with E-state index in [-0.39, 0.29) is 31.0 Å². The van der Waals surface area contributed by atoms with Crippen LogP contribution in [0.25, 0.3) is 0 Å². The quantitative estimate of drug-likeness (QED) is 0.297. The third kappa shape index (κ3) is 7.59. The fourth-order valence-electron chi connectivity index (χ4n) is 4.67. The molecule has 3 aromatic rings. The van der Waals surface area contributed by atoms with Gasteiger partial charge < -0.3 is 15.0 Å². The van der Waals surface area contributed by atoms with Crippen LogP contribution in [-0.2, 0) is 22.6 Å². The zero-order valence-electron chi connectivity index (χ0n) is 21.0. The monoisotopic (exact) mass is 582 g/mol. The largest absolute Gasteiger partial charge is 0.484 e. The van der Waals surface area contributed by atoms with Crippen LogP contribution in [-0.4, -0.2) is 35.4 Å². The van der Waals surface area contributed by atoms with Crippen molar-refractivity contribution in [3.05, 3.63) is 99.0 Å². The van der Waals surface area contributed by atoms with Crippen molar-refractivity contribution in [2.45, 2.75) is 57.7 Å². The molecule has 194 valence electrons. The molecule has 1 saturated carbocycles. The molecule has 0 bridgehead atoms. The summed E-state index contributed by atoms with van der Waals surface area (Å²) >= 11 is 9.98. The molecule has 0 radical (unpaired) electrons. The van der Waals surface area contributed by atoms with E-state index in [4.69, 9.17) is 16.3 Å². The Morgan fingerprint density at radius 3 is 2.46 bits per heavy atom. The number of rotatable bonds is 10. The Bertz CT molecular complexity index is 1210. The van der Waals surface area contributed by atoms with Crippen molar-refractivity contribution in [1.29, 1.82) is 0 Å². The van der Waals surface area contributed by atoms with E-state index in [1.54, 1.807) is 11.0 Å². The van der Waals surface area contributed by atoms with Crippen LogP contribution in [0, 0.1) is 6.92 Å². The first-order valence-electron chi connectivity index (χ1n) is 12.7. The van der Waals surface area contributed by atoms with Gasteiger partial charge in [-0.05, 0) is 60.7 Å². The number of amides is 2. The first-order valence-corrected chi connectivity index (χ1v) is 13.8. The highest BCUT2D eigenvalue weighted by atomic mass is 79.9. The average Bonchev–Trinajstić information content (AvgIpc) is 3.41. The standard InChI is InChI=1S/C30H32BrClN2O3/c1-21-17-25(15-16-26(21)31)37-20-29(35)34(19-23-11-5-8-14-27(23)32)28(18-22-9-3-2-4-10-22)30(36)33-24-12-6-7-13-24/h2-5,8-11,14-17,24,28H,6-7,12-13,18-20H2,1H3,(H,33,36). The Hall–Kier alpha value is -2.83. The van der Waals surface area contributed by atoms with Gasteiger partial charge in [-0.15, -0.1) is 0 Å². The average molecular weight is 584 g/mol. The third-order valence-corrected chi connectivity index (χ3v) is 8.02. The molecule has 1 aliphatic rings. The normalized spacial score (nSPS) is 14.2. The molecule has 7 heteroatoms. The Morgan fingerprint density at radius 1 is 1.05 bits per heavy atom. The summed E-state index contributed by atoms with van der Waals surface area (Å²) in [6.45, 7) is 1.98. The summed E-state index contributed by atoms with van der Waals surface area (Å²) in [5, 5.41) is 3.77. The van der Waals surface area contributed by atoms with Crippen LogP contribution >= 0.6 is 27.5 Å². The predicted octanol–water partition coefficient (Wildman–Crippen LogP) is 6.49. The minimum absolute atomic E-state index is 0.143. The zero-order valence-corrected chi connectivity index (χ0v) is 23.3. The van der Waals surface area contributed by atoms with E-state index in [2.05, 4.69) is 21.2 Å². The van der Waals surface area contributed by atoms with Crippen molar-refractivity contribution in [2.75, 3.05) is 6.61 Å². The van der Waals surface area contributed by atoms with Crippen molar-refractivity contribution in [2.24, 2.45) is 0 Å². The number of benzene rings is 3. The van der Waals surface area contributed by atoms with Gasteiger partial charge in [0.25, 0.3) is 5.91 Å². The lowest BCUT2D eigenvalue weighted by atomic mass is 10.0. The molecule has 0 aromatic heterocycles. The maximum absolute atomic E-state index is 13.7. The number of hydrogen-bond donors (Lipinski definition) is 1. The summed E-state index contributed by atoms with van der Waals surface area (Å²) in [5.74, 6) is 0.181. The number of ether oxygens (including phenoxy) is 1. The van der Waals surface area contributed by atoms with Crippen LogP contribution in [0.15, 0.2) is 77.3 Å². The number of hydrogen-bond acceptors (Lipinski definition) is 3. The molecule has 5 nitrogen and oxygen atoms in total. The van der Waals surface area contributed by atoms with Crippen molar-refractivity contribution >= 4 is 39.3 Å². The van der Waals surface area contributed by atoms with E-state index in [1.807, 2.05) is 73.7 Å². The molecule has 1 unspecified atom stereocenters. The SMILES string of the molecule is Cc1cc(OCC(=O)N(Cc2ccccc2Cl)C(Cc2ccccc2)C(=O)NC2CCCC2)ccc1Br. The van der Waals surface area contributed by atoms with Gasteiger partial charge in [0.1, 0.15) is 11.8 Å². The molecule has 0 aliphatic heterocycles. The lowest BCUT2D eigenvalue weighted by Crippen LogP contribution is -2.53. The molecule has 37 heavy (non-hydrogen) atoms. The maximum atomic E-state index is 13.7. The van der Waals surface area contributed by atoms with Gasteiger partial charge in [0, 0.05) is 28.5 Å². The summed E-state index contributed by atoms with van der Waals surface area (Å²) in [7, 11) is 0. The number of nitrogens with zero attached hydrogens (tertiary/aromatic N) is 1. The van der Waals surface area contributed by atoms with Gasteiger partial charge in [-0.25, -0.2) is 0 Å². The van der Waals surface area contributed by atoms with E-state index < -0.39 is 6.04 Å². The molecule has 4 rings (SSSR count). The predicted molar refractivity (Wildman–Crippen MR) is 151 cm³/mol. The van der Waals surface area contributed by atoms with E-state index >= 15 is 0 Å². The van der Waals surface area contributed by atoms with Crippen molar-refractivity contribution in [1.82, 2.24) is 10.2 Å². The van der Waals surface area contributed by atoms with Crippen LogP contribution in [0.2, 0.25) is 5.02 Å². The third-order valence-electron chi connectivity index (χ3n) is 6.76. The summed E-state index contributed by atoms with van der Waals surface area (Å²) in [5.41, 5.74) is 2.77. The summed E-state index contributed by atoms with van der Waals surface area (Å²) in [6.07, 6.45) is 4.55. The van der Waals surface area contributed by atoms with Crippen molar-refractivity contribution in [3.63, 3.8) is 0 Å². The second-order valence-corrected chi connectivity index (χ2v) is 10.8. The molecule has 1 N–H and O–H groups in total. The van der Waals surface area contributed by atoms with Crippen LogP contribution in [0.3, 0.4) is 0 Å². The van der Waals surface area contributed by atoms with Crippen molar-refractivity contribution < 1.29 is 14.3 Å². The van der Waals surface area contributed by atoms with Gasteiger partial charge in [0.2, 0.25) is 5.91 Å². The van der Waals surface area contributed by atoms with Gasteiger partial charge in [-0.1, -0.05) is 88.9 Å². The van der Waals surface area contributed by atoms with Crippen LogP contribution in [0.1, 0.15) is 42.4 Å². The molecule has 0 spiro atoms. The second kappa shape index (κ2) is 13.1. The van der Waals surface area contributed by atoms with Crippen LogP contribution in [0.4, 0.5) is 0 Å². The fourth-order valence-corrected chi connectivity index (χ4v) is 5.11. The topological polar surface area (TPSA) is 58.6 Å². The molecule has 3 aromatic carbocycles.